The highest BCUT2D eigenvalue weighted by atomic mass is 19.1. The number of nitrogens with one attached hydrogen (secondary N) is 1. The van der Waals surface area contributed by atoms with Crippen molar-refractivity contribution in [1.82, 2.24) is 5.32 Å². The first kappa shape index (κ1) is 18.3. The summed E-state index contributed by atoms with van der Waals surface area (Å²) in [7, 11) is 0. The molecule has 0 aliphatic carbocycles. The van der Waals surface area contributed by atoms with Gasteiger partial charge in [0.1, 0.15) is 18.2 Å². The van der Waals surface area contributed by atoms with E-state index in [9.17, 15) is 18.4 Å². The van der Waals surface area contributed by atoms with Crippen molar-refractivity contribution in [1.29, 1.82) is 0 Å². The van der Waals surface area contributed by atoms with Gasteiger partial charge in [-0.05, 0) is 24.1 Å². The average molecular weight is 345 g/mol. The van der Waals surface area contributed by atoms with E-state index >= 15 is 0 Å². The van der Waals surface area contributed by atoms with Gasteiger partial charge < -0.3 is 10.1 Å². The van der Waals surface area contributed by atoms with Crippen molar-refractivity contribution in [3.8, 4) is 0 Å². The lowest BCUT2D eigenvalue weighted by Gasteiger charge is -2.06. The van der Waals surface area contributed by atoms with Crippen LogP contribution in [0.2, 0.25) is 0 Å². The summed E-state index contributed by atoms with van der Waals surface area (Å²) in [6.45, 7) is 0.477. The molecule has 0 bridgehead atoms. The molecule has 0 fully saturated rings. The maximum Gasteiger partial charge on any atom is 0.407 e. The summed E-state index contributed by atoms with van der Waals surface area (Å²) >= 11 is 0. The van der Waals surface area contributed by atoms with Gasteiger partial charge in [-0.25, -0.2) is 13.6 Å². The third-order valence-corrected chi connectivity index (χ3v) is 3.36. The number of amides is 1. The lowest BCUT2D eigenvalue weighted by atomic mass is 10.1. The SMILES string of the molecule is O=Cc1c(F)ccc(C=CCCNC(=O)OCc2ccccc2)c1F. The summed E-state index contributed by atoms with van der Waals surface area (Å²) in [4.78, 5) is 22.2. The van der Waals surface area contributed by atoms with Gasteiger partial charge in [0, 0.05) is 12.1 Å². The summed E-state index contributed by atoms with van der Waals surface area (Å²) < 4.78 is 32.1. The number of halogens is 2. The van der Waals surface area contributed by atoms with Crippen molar-refractivity contribution in [3.05, 3.63) is 76.9 Å². The fourth-order valence-electron chi connectivity index (χ4n) is 2.06. The zero-order chi connectivity index (χ0) is 18.1. The van der Waals surface area contributed by atoms with Crippen LogP contribution in [0.5, 0.6) is 0 Å². The van der Waals surface area contributed by atoms with Crippen LogP contribution in [0.1, 0.15) is 27.9 Å². The predicted molar refractivity (Wildman–Crippen MR) is 90.0 cm³/mol. The average Bonchev–Trinajstić information content (AvgIpc) is 2.62. The lowest BCUT2D eigenvalue weighted by molar-refractivity contribution is 0.111. The zero-order valence-corrected chi connectivity index (χ0v) is 13.4. The van der Waals surface area contributed by atoms with E-state index in [1.807, 2.05) is 30.3 Å². The highest BCUT2D eigenvalue weighted by Gasteiger charge is 2.10. The molecule has 0 spiro atoms. The van der Waals surface area contributed by atoms with Crippen LogP contribution in [-0.4, -0.2) is 18.9 Å². The van der Waals surface area contributed by atoms with Gasteiger partial charge in [0.15, 0.2) is 6.29 Å². The number of hydrogen-bond acceptors (Lipinski definition) is 3. The van der Waals surface area contributed by atoms with Crippen LogP contribution in [0.15, 0.2) is 48.5 Å². The molecule has 0 atom stereocenters. The number of ether oxygens (including phenoxy) is 1. The van der Waals surface area contributed by atoms with E-state index in [1.54, 1.807) is 6.08 Å². The van der Waals surface area contributed by atoms with Gasteiger partial charge in [-0.1, -0.05) is 42.5 Å². The highest BCUT2D eigenvalue weighted by molar-refractivity contribution is 5.77. The molecule has 130 valence electrons. The number of hydrogen-bond donors (Lipinski definition) is 1. The first-order valence-electron chi connectivity index (χ1n) is 7.66. The zero-order valence-electron chi connectivity index (χ0n) is 13.4. The Morgan fingerprint density at radius 3 is 2.60 bits per heavy atom. The van der Waals surface area contributed by atoms with Crippen LogP contribution in [0.3, 0.4) is 0 Å². The Morgan fingerprint density at radius 1 is 1.12 bits per heavy atom. The Kier molecular flexibility index (Phi) is 6.83. The van der Waals surface area contributed by atoms with Crippen LogP contribution in [0, 0.1) is 11.6 Å². The van der Waals surface area contributed by atoms with Crippen LogP contribution in [0.4, 0.5) is 13.6 Å². The molecule has 2 rings (SSSR count). The molecule has 1 amide bonds. The van der Waals surface area contributed by atoms with Gasteiger partial charge >= 0.3 is 6.09 Å². The summed E-state index contributed by atoms with van der Waals surface area (Å²) in [6.07, 6.45) is 3.06. The van der Waals surface area contributed by atoms with Gasteiger partial charge in [0.25, 0.3) is 0 Å². The number of benzene rings is 2. The topological polar surface area (TPSA) is 55.4 Å². The number of rotatable bonds is 7. The molecule has 0 aliphatic rings. The summed E-state index contributed by atoms with van der Waals surface area (Å²) in [5.41, 5.74) is 0.398. The molecular weight excluding hydrogens is 328 g/mol. The Labute approximate surface area is 144 Å². The monoisotopic (exact) mass is 345 g/mol. The fourth-order valence-corrected chi connectivity index (χ4v) is 2.06. The van der Waals surface area contributed by atoms with Gasteiger partial charge in [-0.15, -0.1) is 0 Å². The first-order chi connectivity index (χ1) is 12.1. The molecule has 25 heavy (non-hydrogen) atoms. The van der Waals surface area contributed by atoms with Crippen molar-refractivity contribution in [2.24, 2.45) is 0 Å². The molecule has 0 aromatic heterocycles. The van der Waals surface area contributed by atoms with E-state index in [4.69, 9.17) is 4.74 Å². The normalized spacial score (nSPS) is 10.6. The molecule has 0 aliphatic heterocycles. The lowest BCUT2D eigenvalue weighted by Crippen LogP contribution is -2.24. The van der Waals surface area contributed by atoms with E-state index in [-0.39, 0.29) is 18.5 Å². The Bertz CT molecular complexity index is 761. The van der Waals surface area contributed by atoms with E-state index in [2.05, 4.69) is 5.32 Å². The first-order valence-corrected chi connectivity index (χ1v) is 7.66. The summed E-state index contributed by atoms with van der Waals surface area (Å²) in [5.74, 6) is -1.80. The molecule has 0 saturated carbocycles. The minimum Gasteiger partial charge on any atom is -0.445 e. The molecule has 0 heterocycles. The minimum absolute atomic E-state index is 0.107. The number of carbonyl (C=O) groups is 2. The molecule has 1 N–H and O–H groups in total. The number of aldehydes is 1. The van der Waals surface area contributed by atoms with E-state index < -0.39 is 23.3 Å². The Morgan fingerprint density at radius 2 is 1.88 bits per heavy atom. The van der Waals surface area contributed by atoms with Crippen molar-refractivity contribution < 1.29 is 23.1 Å². The third-order valence-electron chi connectivity index (χ3n) is 3.36. The van der Waals surface area contributed by atoms with Crippen molar-refractivity contribution in [2.75, 3.05) is 6.54 Å². The Hall–Kier alpha value is -3.02. The van der Waals surface area contributed by atoms with Crippen LogP contribution < -0.4 is 5.32 Å². The van der Waals surface area contributed by atoms with E-state index in [0.717, 1.165) is 11.6 Å². The number of carbonyl (C=O) groups excluding carboxylic acids is 2. The molecule has 0 saturated heterocycles. The van der Waals surface area contributed by atoms with Crippen LogP contribution in [-0.2, 0) is 11.3 Å². The quantitative estimate of drug-likeness (QED) is 0.607. The second-order valence-corrected chi connectivity index (χ2v) is 5.16. The summed E-state index contributed by atoms with van der Waals surface area (Å²) in [6, 6.07) is 11.6. The second kappa shape index (κ2) is 9.32. The molecular formula is C19H17F2NO3. The minimum atomic E-state index is -0.901. The number of alkyl carbamates (subject to hydrolysis) is 1. The summed E-state index contributed by atoms with van der Waals surface area (Å²) in [5, 5.41) is 2.56. The van der Waals surface area contributed by atoms with E-state index in [0.29, 0.717) is 13.0 Å². The van der Waals surface area contributed by atoms with Gasteiger partial charge in [0.05, 0.1) is 5.56 Å². The maximum absolute atomic E-state index is 13.8. The fraction of sp³-hybridized carbons (Fsp3) is 0.158. The van der Waals surface area contributed by atoms with Crippen molar-refractivity contribution in [3.63, 3.8) is 0 Å². The Balaban J connectivity index is 1.74. The molecule has 4 nitrogen and oxygen atoms in total. The van der Waals surface area contributed by atoms with Crippen LogP contribution in [0.25, 0.3) is 6.08 Å². The van der Waals surface area contributed by atoms with Gasteiger partial charge in [0.2, 0.25) is 0 Å². The van der Waals surface area contributed by atoms with Gasteiger partial charge in [-0.3, -0.25) is 4.79 Å². The molecule has 2 aromatic rings. The molecule has 2 aromatic carbocycles. The van der Waals surface area contributed by atoms with Crippen LogP contribution >= 0.6 is 0 Å². The highest BCUT2D eigenvalue weighted by Crippen LogP contribution is 2.16. The van der Waals surface area contributed by atoms with Crippen molar-refractivity contribution >= 4 is 18.5 Å². The smallest absolute Gasteiger partial charge is 0.407 e. The maximum atomic E-state index is 13.8. The predicted octanol–water partition coefficient (Wildman–Crippen LogP) is 4.11. The standard InChI is InChI=1S/C19H17F2NO3/c20-17-10-9-15(18(21)16(17)12-23)8-4-5-11-22-19(24)25-13-14-6-2-1-3-7-14/h1-4,6-10,12H,5,11,13H2,(H,22,24). The largest absolute Gasteiger partial charge is 0.445 e. The molecule has 0 unspecified atom stereocenters. The second-order valence-electron chi connectivity index (χ2n) is 5.16. The molecule has 0 radical (unpaired) electrons. The third kappa shape index (κ3) is 5.53. The van der Waals surface area contributed by atoms with Crippen molar-refractivity contribution in [2.45, 2.75) is 13.0 Å². The molecule has 6 heteroatoms. The van der Waals surface area contributed by atoms with E-state index in [1.165, 1.54) is 12.1 Å². The van der Waals surface area contributed by atoms with Gasteiger partial charge in [-0.2, -0.15) is 0 Å².